The van der Waals surface area contributed by atoms with Crippen molar-refractivity contribution in [3.63, 3.8) is 0 Å². The van der Waals surface area contributed by atoms with Crippen LogP contribution in [0.15, 0.2) is 18.3 Å². The van der Waals surface area contributed by atoms with Crippen LogP contribution in [-0.2, 0) is 4.79 Å². The molecule has 1 aromatic heterocycles. The van der Waals surface area contributed by atoms with E-state index in [4.69, 9.17) is 5.41 Å². The number of aliphatic carboxylic acids is 1. The number of carboxylic acid groups (broad SMARTS) is 1. The number of anilines is 1. The van der Waals surface area contributed by atoms with Crippen molar-refractivity contribution < 1.29 is 9.90 Å². The zero-order valence-electron chi connectivity index (χ0n) is 16.6. The predicted octanol–water partition coefficient (Wildman–Crippen LogP) is 1.92. The Bertz CT molecular complexity index is 669. The van der Waals surface area contributed by atoms with Gasteiger partial charge in [0, 0.05) is 62.3 Å². The van der Waals surface area contributed by atoms with Crippen molar-refractivity contribution in [2.45, 2.75) is 51.7 Å². The third kappa shape index (κ3) is 4.47. The minimum atomic E-state index is -0.729. The minimum Gasteiger partial charge on any atom is -0.480 e. The van der Waals surface area contributed by atoms with Crippen molar-refractivity contribution in [2.24, 2.45) is 0 Å². The lowest BCUT2D eigenvalue weighted by atomic mass is 9.98. The molecule has 27 heavy (non-hydrogen) atoms. The molecule has 2 saturated heterocycles. The van der Waals surface area contributed by atoms with E-state index in [9.17, 15) is 9.90 Å². The number of rotatable bonds is 5. The van der Waals surface area contributed by atoms with E-state index in [0.29, 0.717) is 17.8 Å². The van der Waals surface area contributed by atoms with E-state index >= 15 is 0 Å². The summed E-state index contributed by atoms with van der Waals surface area (Å²) < 4.78 is 0. The highest BCUT2D eigenvalue weighted by Crippen LogP contribution is 2.24. The normalized spacial score (nSPS) is 24.0. The van der Waals surface area contributed by atoms with Crippen LogP contribution in [0.1, 0.15) is 39.2 Å². The number of aromatic nitrogens is 1. The predicted molar refractivity (Wildman–Crippen MR) is 107 cm³/mol. The Hall–Kier alpha value is -1.99. The van der Waals surface area contributed by atoms with E-state index in [1.54, 1.807) is 20.0 Å². The Morgan fingerprint density at radius 3 is 2.48 bits per heavy atom. The van der Waals surface area contributed by atoms with Gasteiger partial charge in [0.1, 0.15) is 11.9 Å². The monoisotopic (exact) mass is 373 g/mol. The van der Waals surface area contributed by atoms with Crippen molar-refractivity contribution in [2.75, 3.05) is 37.6 Å². The minimum absolute atomic E-state index is 0.390. The molecule has 2 atom stereocenters. The van der Waals surface area contributed by atoms with Gasteiger partial charge in [0.25, 0.3) is 0 Å². The third-order valence-corrected chi connectivity index (χ3v) is 6.06. The van der Waals surface area contributed by atoms with Crippen LogP contribution in [0.5, 0.6) is 0 Å². The molecule has 0 saturated carbocycles. The zero-order chi connectivity index (χ0) is 19.6. The Kier molecular flexibility index (Phi) is 6.11. The molecule has 7 heteroatoms. The highest BCUT2D eigenvalue weighted by Gasteiger charge is 2.33. The van der Waals surface area contributed by atoms with Crippen molar-refractivity contribution in [1.29, 1.82) is 5.41 Å². The largest absolute Gasteiger partial charge is 0.480 e. The summed E-state index contributed by atoms with van der Waals surface area (Å²) in [6, 6.07) is 4.58. The van der Waals surface area contributed by atoms with E-state index in [-0.39, 0.29) is 6.04 Å². The molecule has 2 aliphatic rings. The van der Waals surface area contributed by atoms with Gasteiger partial charge in [-0.15, -0.1) is 0 Å². The maximum atomic E-state index is 11.2. The first kappa shape index (κ1) is 19.8. The second kappa shape index (κ2) is 8.35. The van der Waals surface area contributed by atoms with Gasteiger partial charge in [0.2, 0.25) is 0 Å². The number of likely N-dealkylation sites (tertiary alicyclic amines) is 1. The lowest BCUT2D eigenvalue weighted by Gasteiger charge is -2.47. The van der Waals surface area contributed by atoms with Gasteiger partial charge in [-0.05, 0) is 45.7 Å². The van der Waals surface area contributed by atoms with E-state index in [2.05, 4.69) is 26.6 Å². The van der Waals surface area contributed by atoms with Crippen molar-refractivity contribution >= 4 is 17.5 Å². The number of hydrogen-bond acceptors (Lipinski definition) is 6. The molecule has 1 aromatic rings. The number of hydrogen-bond donors (Lipinski definition) is 2. The highest BCUT2D eigenvalue weighted by atomic mass is 16.4. The van der Waals surface area contributed by atoms with Gasteiger partial charge in [0.05, 0.1) is 0 Å². The van der Waals surface area contributed by atoms with Gasteiger partial charge in [-0.1, -0.05) is 0 Å². The first-order valence-corrected chi connectivity index (χ1v) is 9.86. The molecule has 2 unspecified atom stereocenters. The lowest BCUT2D eigenvalue weighted by molar-refractivity contribution is -0.143. The van der Waals surface area contributed by atoms with Gasteiger partial charge >= 0.3 is 5.97 Å². The summed E-state index contributed by atoms with van der Waals surface area (Å²) in [6.07, 6.45) is 3.86. The van der Waals surface area contributed by atoms with E-state index in [1.807, 2.05) is 12.1 Å². The maximum Gasteiger partial charge on any atom is 0.320 e. The smallest absolute Gasteiger partial charge is 0.320 e. The van der Waals surface area contributed by atoms with Crippen LogP contribution in [-0.4, -0.2) is 82.4 Å². The summed E-state index contributed by atoms with van der Waals surface area (Å²) in [5, 5.41) is 16.9. The highest BCUT2D eigenvalue weighted by molar-refractivity contribution is 5.96. The van der Waals surface area contributed by atoms with E-state index in [1.165, 1.54) is 0 Å². The van der Waals surface area contributed by atoms with Gasteiger partial charge < -0.3 is 15.4 Å². The summed E-state index contributed by atoms with van der Waals surface area (Å²) in [6.45, 7) is 10.5. The number of nitrogens with one attached hydrogen (secondary N) is 1. The Morgan fingerprint density at radius 2 is 1.96 bits per heavy atom. The van der Waals surface area contributed by atoms with Crippen molar-refractivity contribution in [1.82, 2.24) is 14.8 Å². The number of carbonyl (C=O) groups is 1. The van der Waals surface area contributed by atoms with Crippen molar-refractivity contribution in [3.05, 3.63) is 23.9 Å². The fourth-order valence-corrected chi connectivity index (χ4v) is 4.28. The van der Waals surface area contributed by atoms with Crippen molar-refractivity contribution in [3.8, 4) is 0 Å². The molecular formula is C20H31N5O2. The molecule has 0 spiro atoms. The van der Waals surface area contributed by atoms with Gasteiger partial charge in [-0.2, -0.15) is 0 Å². The SMILES string of the molecule is CC(=N)c1ccc(N2CCN(C3CCN(C(C)C(=O)O)CC3)C(C)C2)nc1. The fraction of sp³-hybridized carbons (Fsp3) is 0.650. The average Bonchev–Trinajstić information content (AvgIpc) is 2.67. The first-order valence-electron chi connectivity index (χ1n) is 9.86. The van der Waals surface area contributed by atoms with Crippen LogP contribution in [0.4, 0.5) is 5.82 Å². The molecule has 148 valence electrons. The summed E-state index contributed by atoms with van der Waals surface area (Å²) in [7, 11) is 0. The van der Waals surface area contributed by atoms with E-state index in [0.717, 1.165) is 56.9 Å². The van der Waals surface area contributed by atoms with Crippen LogP contribution in [0, 0.1) is 5.41 Å². The number of pyridine rings is 1. The molecule has 0 aromatic carbocycles. The van der Waals surface area contributed by atoms with Crippen LogP contribution >= 0.6 is 0 Å². The van der Waals surface area contributed by atoms with Crippen LogP contribution < -0.4 is 4.90 Å². The van der Waals surface area contributed by atoms with Crippen LogP contribution in [0.3, 0.4) is 0 Å². The fourth-order valence-electron chi connectivity index (χ4n) is 4.28. The number of carboxylic acids is 1. The van der Waals surface area contributed by atoms with Gasteiger partial charge in [0.15, 0.2) is 0 Å². The maximum absolute atomic E-state index is 11.2. The second-order valence-electron chi connectivity index (χ2n) is 7.84. The summed E-state index contributed by atoms with van der Waals surface area (Å²) in [4.78, 5) is 22.7. The molecule has 3 heterocycles. The molecule has 2 aliphatic heterocycles. The van der Waals surface area contributed by atoms with Gasteiger partial charge in [-0.25, -0.2) is 4.98 Å². The molecule has 3 rings (SSSR count). The summed E-state index contributed by atoms with van der Waals surface area (Å²) in [5.41, 5.74) is 1.41. The summed E-state index contributed by atoms with van der Waals surface area (Å²) in [5.74, 6) is 0.253. The molecule has 0 bridgehead atoms. The molecule has 2 N–H and O–H groups in total. The molecular weight excluding hydrogens is 342 g/mol. The Morgan fingerprint density at radius 1 is 1.26 bits per heavy atom. The van der Waals surface area contributed by atoms with Crippen LogP contribution in [0.25, 0.3) is 0 Å². The Balaban J connectivity index is 1.55. The second-order valence-corrected chi connectivity index (χ2v) is 7.84. The third-order valence-electron chi connectivity index (χ3n) is 6.06. The molecule has 0 radical (unpaired) electrons. The van der Waals surface area contributed by atoms with Crippen LogP contribution in [0.2, 0.25) is 0 Å². The zero-order valence-corrected chi connectivity index (χ0v) is 16.6. The lowest BCUT2D eigenvalue weighted by Crippen LogP contribution is -2.58. The number of piperidine rings is 1. The average molecular weight is 374 g/mol. The summed E-state index contributed by atoms with van der Waals surface area (Å²) >= 11 is 0. The number of nitrogens with zero attached hydrogens (tertiary/aromatic N) is 4. The molecule has 0 amide bonds. The standard InChI is InChI=1S/C20H31N5O2/c1-14-13-24(19-5-4-17(12-22-19)15(2)21)10-11-25(14)18-6-8-23(9-7-18)16(3)20(26)27/h4-5,12,14,16,18,21H,6-11,13H2,1-3H3,(H,26,27). The topological polar surface area (TPSA) is 83.8 Å². The Labute approximate surface area is 161 Å². The number of piperazine rings is 1. The first-order chi connectivity index (χ1) is 12.9. The quantitative estimate of drug-likeness (QED) is 0.767. The van der Waals surface area contributed by atoms with Gasteiger partial charge in [-0.3, -0.25) is 14.6 Å². The van der Waals surface area contributed by atoms with E-state index < -0.39 is 5.97 Å². The molecule has 2 fully saturated rings. The molecule has 7 nitrogen and oxygen atoms in total. The molecule has 0 aliphatic carbocycles.